The first kappa shape index (κ1) is 24.4. The second-order valence-corrected chi connectivity index (χ2v) is 8.65. The Morgan fingerprint density at radius 3 is 1.08 bits per heavy atom. The molecule has 140 valence electrons. The molecule has 8 N–H and O–H groups in total. The molecule has 0 aliphatic heterocycles. The molecule has 0 saturated heterocycles. The van der Waals surface area contributed by atoms with Crippen LogP contribution in [0.25, 0.3) is 11.1 Å². The highest BCUT2D eigenvalue weighted by molar-refractivity contribution is 8.62. The fourth-order valence-electron chi connectivity index (χ4n) is 1.94. The topological polar surface area (TPSA) is 237 Å². The van der Waals surface area contributed by atoms with E-state index in [9.17, 15) is 25.9 Å². The van der Waals surface area contributed by atoms with E-state index < -0.39 is 18.3 Å². The van der Waals surface area contributed by atoms with E-state index in [0.29, 0.717) is 0 Å². The number of H-pyrrole nitrogens is 4. The molecule has 0 aliphatic rings. The van der Waals surface area contributed by atoms with Gasteiger partial charge in [-0.05, 0) is 13.8 Å². The summed E-state index contributed by atoms with van der Waals surface area (Å²) in [5.74, 6) is 0. The van der Waals surface area contributed by atoms with Crippen molar-refractivity contribution in [3.63, 3.8) is 0 Å². The van der Waals surface area contributed by atoms with Crippen LogP contribution in [0, 0.1) is 27.7 Å². The van der Waals surface area contributed by atoms with E-state index in [1.165, 1.54) is 33.9 Å². The lowest BCUT2D eigenvalue weighted by Gasteiger charge is -2.09. The highest BCUT2D eigenvalue weighted by Crippen LogP contribution is 2.27. The molecule has 24 heavy (non-hydrogen) atoms. The zero-order valence-electron chi connectivity index (χ0n) is 13.3. The van der Waals surface area contributed by atoms with Gasteiger partial charge in [-0.3, -0.25) is 0 Å². The Labute approximate surface area is 137 Å². The highest BCUT2D eigenvalue weighted by atomic mass is 33.2. The van der Waals surface area contributed by atoms with Crippen molar-refractivity contribution in [2.75, 3.05) is 0 Å². The summed E-state index contributed by atoms with van der Waals surface area (Å²) < 4.78 is 55.2. The van der Waals surface area contributed by atoms with E-state index in [4.69, 9.17) is 0 Å². The number of aryl methyl sites for hydroxylation is 4. The molecule has 2 rings (SSSR count). The highest BCUT2D eigenvalue weighted by Gasteiger charge is 2.22. The van der Waals surface area contributed by atoms with Crippen LogP contribution in [-0.4, -0.2) is 47.1 Å². The molecule has 0 radical (unpaired) electrons. The molecule has 0 saturated carbocycles. The molecular formula is C10H20N4O8S2. The van der Waals surface area contributed by atoms with E-state index in [0.717, 1.165) is 0 Å². The first-order valence-electron chi connectivity index (χ1n) is 5.92. The summed E-state index contributed by atoms with van der Waals surface area (Å²) in [5.41, 5.74) is 7.20. The largest absolute Gasteiger partial charge is 0.736 e. The Morgan fingerprint density at radius 2 is 0.958 bits per heavy atom. The van der Waals surface area contributed by atoms with Gasteiger partial charge in [0.1, 0.15) is 0 Å². The molecule has 0 fully saturated rings. The lowest BCUT2D eigenvalue weighted by molar-refractivity contribution is -0.458. The second-order valence-electron chi connectivity index (χ2n) is 4.57. The Kier molecular flexibility index (Phi) is 8.46. The molecule has 2 heterocycles. The van der Waals surface area contributed by atoms with Crippen molar-refractivity contribution < 1.29 is 47.1 Å². The average molecular weight is 388 g/mol. The molecule has 12 nitrogen and oxygen atoms in total. The molecule has 2 aromatic heterocycles. The van der Waals surface area contributed by atoms with Crippen molar-refractivity contribution in [2.24, 2.45) is 0 Å². The molecule has 0 amide bonds. The predicted octanol–water partition coefficient (Wildman–Crippen LogP) is -2.79. The minimum atomic E-state index is -5.67. The fourth-order valence-corrected chi connectivity index (χ4v) is 1.94. The fraction of sp³-hybridized carbons (Fsp3) is 0.400. The molecule has 0 aliphatic carbocycles. The van der Waals surface area contributed by atoms with Crippen LogP contribution in [0.2, 0.25) is 0 Å². The van der Waals surface area contributed by atoms with Gasteiger partial charge in [0.2, 0.25) is 11.4 Å². The van der Waals surface area contributed by atoms with Gasteiger partial charge in [0.05, 0.1) is 22.5 Å². The summed E-state index contributed by atoms with van der Waals surface area (Å²) in [6.07, 6.45) is 0. The van der Waals surface area contributed by atoms with Crippen molar-refractivity contribution in [2.45, 2.75) is 27.7 Å². The van der Waals surface area contributed by atoms with E-state index >= 15 is 0 Å². The summed E-state index contributed by atoms with van der Waals surface area (Å²) in [6.45, 7) is 8.30. The maximum absolute atomic E-state index is 9.20. The van der Waals surface area contributed by atoms with E-state index in [1.54, 1.807) is 0 Å². The minimum absolute atomic E-state index is 0. The van der Waals surface area contributed by atoms with Gasteiger partial charge in [0.25, 0.3) is 0 Å². The lowest BCUT2D eigenvalue weighted by Crippen LogP contribution is -2.12. The van der Waals surface area contributed by atoms with Crippen LogP contribution in [-0.2, 0) is 18.3 Å². The van der Waals surface area contributed by atoms with Crippen molar-refractivity contribution in [3.05, 3.63) is 22.8 Å². The van der Waals surface area contributed by atoms with Crippen LogP contribution in [0.15, 0.2) is 0 Å². The summed E-state index contributed by atoms with van der Waals surface area (Å²) in [6, 6.07) is 0. The summed E-state index contributed by atoms with van der Waals surface area (Å²) in [7, 11) is -11.3. The zero-order chi connectivity index (χ0) is 17.3. The number of aromatic amines is 4. The van der Waals surface area contributed by atoms with Crippen LogP contribution in [0.5, 0.6) is 0 Å². The van der Waals surface area contributed by atoms with E-state index in [-0.39, 0.29) is 11.0 Å². The molecular weight excluding hydrogens is 368 g/mol. The number of aromatic nitrogens is 4. The van der Waals surface area contributed by atoms with Gasteiger partial charge < -0.3 is 20.1 Å². The SMILES string of the molecule is Cc1[nH][nH+]c(C)c1-c1c(C)[nH][nH+]c1C.O.O.O=S(=O)([O-])S(=O)(=O)[O-]. The van der Waals surface area contributed by atoms with Crippen molar-refractivity contribution >= 4 is 18.3 Å². The quantitative estimate of drug-likeness (QED) is 0.406. The minimum Gasteiger partial charge on any atom is -0.736 e. The van der Waals surface area contributed by atoms with Crippen molar-refractivity contribution in [3.8, 4) is 11.1 Å². The zero-order valence-corrected chi connectivity index (χ0v) is 14.9. The van der Waals surface area contributed by atoms with Gasteiger partial charge in [0, 0.05) is 13.8 Å². The normalized spacial score (nSPS) is 10.9. The first-order chi connectivity index (χ1) is 9.86. The van der Waals surface area contributed by atoms with E-state index in [1.807, 2.05) is 0 Å². The third-order valence-corrected chi connectivity index (χ3v) is 4.88. The van der Waals surface area contributed by atoms with Crippen LogP contribution < -0.4 is 10.2 Å². The van der Waals surface area contributed by atoms with Crippen molar-refractivity contribution in [1.29, 1.82) is 0 Å². The molecule has 14 heteroatoms. The van der Waals surface area contributed by atoms with Crippen LogP contribution in [0.1, 0.15) is 22.8 Å². The molecule has 0 spiro atoms. The van der Waals surface area contributed by atoms with Crippen LogP contribution >= 0.6 is 0 Å². The number of hydrogen-bond donors (Lipinski definition) is 2. The first-order valence-corrected chi connectivity index (χ1v) is 9.25. The van der Waals surface area contributed by atoms with Crippen molar-refractivity contribution in [1.82, 2.24) is 10.2 Å². The Balaban J connectivity index is 0. The van der Waals surface area contributed by atoms with Gasteiger partial charge in [-0.25, -0.2) is 16.8 Å². The third-order valence-electron chi connectivity index (χ3n) is 2.87. The predicted molar refractivity (Wildman–Crippen MR) is 79.3 cm³/mol. The number of nitrogens with one attached hydrogen (secondary N) is 4. The molecule has 0 aromatic carbocycles. The third kappa shape index (κ3) is 5.36. The maximum atomic E-state index is 9.20. The number of rotatable bonds is 2. The standard InChI is InChI=1S/C10H14N4.H2O6S2.2H2O/c1-5-9(6(2)12-11-5)10-7(3)13-14-8(10)4;1-7(2,3)8(4,5)6;;/h1-4H3,(H,11,12)(H,13,14);(H,1,2,3)(H,4,5,6);2*1H2. The molecule has 0 bridgehead atoms. The van der Waals surface area contributed by atoms with Gasteiger partial charge in [-0.15, -0.1) is 10.2 Å². The van der Waals surface area contributed by atoms with Crippen LogP contribution in [0.3, 0.4) is 0 Å². The molecule has 2 aromatic rings. The number of hydrogen-bond acceptors (Lipinski definition) is 6. The summed E-state index contributed by atoms with van der Waals surface area (Å²) >= 11 is 0. The van der Waals surface area contributed by atoms with E-state index in [2.05, 4.69) is 48.1 Å². The Bertz CT molecular complexity index is 769. The molecule has 0 unspecified atom stereocenters. The smallest absolute Gasteiger partial charge is 0.210 e. The maximum Gasteiger partial charge on any atom is 0.210 e. The lowest BCUT2D eigenvalue weighted by atomic mass is 10.0. The monoisotopic (exact) mass is 388 g/mol. The van der Waals surface area contributed by atoms with Gasteiger partial charge >= 0.3 is 0 Å². The second kappa shape index (κ2) is 8.32. The summed E-state index contributed by atoms with van der Waals surface area (Å²) in [5, 5.41) is 12.5. The van der Waals surface area contributed by atoms with Gasteiger partial charge in [0.15, 0.2) is 18.3 Å². The van der Waals surface area contributed by atoms with Gasteiger partial charge in [-0.1, -0.05) is 0 Å². The van der Waals surface area contributed by atoms with Gasteiger partial charge in [-0.2, -0.15) is 10.2 Å². The van der Waals surface area contributed by atoms with Crippen LogP contribution in [0.4, 0.5) is 0 Å². The Hall–Kier alpha value is -1.84. The average Bonchev–Trinajstić information content (AvgIpc) is 2.82. The Morgan fingerprint density at radius 1 is 0.708 bits per heavy atom. The molecule has 0 atom stereocenters. The summed E-state index contributed by atoms with van der Waals surface area (Å²) in [4.78, 5) is 0.